The molecular formula is C19H29N7O. The van der Waals surface area contributed by atoms with E-state index >= 15 is 0 Å². The third-order valence-electron chi connectivity index (χ3n) is 4.94. The Morgan fingerprint density at radius 1 is 1.26 bits per heavy atom. The second kappa shape index (κ2) is 8.28. The first kappa shape index (κ1) is 19.0. The van der Waals surface area contributed by atoms with Crippen molar-refractivity contribution in [1.29, 1.82) is 0 Å². The quantitative estimate of drug-likeness (QED) is 0.864. The number of carbonyl (C=O) groups excluding carboxylic acids is 1. The van der Waals surface area contributed by atoms with Gasteiger partial charge in [-0.2, -0.15) is 5.10 Å². The Morgan fingerprint density at radius 2 is 2.07 bits per heavy atom. The molecule has 8 nitrogen and oxygen atoms in total. The number of pyridine rings is 1. The summed E-state index contributed by atoms with van der Waals surface area (Å²) in [5.41, 5.74) is 2.03. The molecular weight excluding hydrogens is 342 g/mol. The van der Waals surface area contributed by atoms with Crippen molar-refractivity contribution in [2.75, 3.05) is 42.7 Å². The fourth-order valence-electron chi connectivity index (χ4n) is 3.23. The molecule has 2 aromatic heterocycles. The van der Waals surface area contributed by atoms with Gasteiger partial charge in [0.05, 0.1) is 11.9 Å². The molecule has 0 bridgehead atoms. The highest BCUT2D eigenvalue weighted by Gasteiger charge is 2.21. The van der Waals surface area contributed by atoms with Gasteiger partial charge < -0.3 is 15.1 Å². The van der Waals surface area contributed by atoms with Crippen LogP contribution in [0, 0.1) is 6.92 Å². The smallest absolute Gasteiger partial charge is 0.323 e. The summed E-state index contributed by atoms with van der Waals surface area (Å²) < 4.78 is 1.76. The van der Waals surface area contributed by atoms with Crippen molar-refractivity contribution in [2.24, 2.45) is 7.05 Å². The average molecular weight is 371 g/mol. The minimum Gasteiger partial charge on any atom is -0.381 e. The van der Waals surface area contributed by atoms with Crippen LogP contribution in [0.2, 0.25) is 0 Å². The monoisotopic (exact) mass is 371 g/mol. The molecule has 1 aliphatic heterocycles. The zero-order chi connectivity index (χ0) is 19.4. The first-order chi connectivity index (χ1) is 12.9. The Morgan fingerprint density at radius 3 is 2.70 bits per heavy atom. The van der Waals surface area contributed by atoms with Gasteiger partial charge in [-0.1, -0.05) is 0 Å². The molecule has 3 heterocycles. The summed E-state index contributed by atoms with van der Waals surface area (Å²) >= 11 is 0. The van der Waals surface area contributed by atoms with E-state index in [4.69, 9.17) is 0 Å². The van der Waals surface area contributed by atoms with Gasteiger partial charge in [-0.3, -0.25) is 10.00 Å². The second-order valence-electron chi connectivity index (χ2n) is 7.28. The van der Waals surface area contributed by atoms with Crippen LogP contribution in [0.25, 0.3) is 0 Å². The number of hydrogen-bond acceptors (Lipinski definition) is 5. The molecule has 8 heteroatoms. The van der Waals surface area contributed by atoms with Crippen molar-refractivity contribution in [2.45, 2.75) is 32.2 Å². The van der Waals surface area contributed by atoms with Gasteiger partial charge in [0, 0.05) is 52.0 Å². The lowest BCUT2D eigenvalue weighted by Crippen LogP contribution is -2.36. The van der Waals surface area contributed by atoms with E-state index in [2.05, 4.69) is 26.8 Å². The molecule has 1 saturated heterocycles. The van der Waals surface area contributed by atoms with Crippen LogP contribution in [-0.2, 0) is 7.05 Å². The summed E-state index contributed by atoms with van der Waals surface area (Å²) in [5.74, 6) is 1.54. The summed E-state index contributed by atoms with van der Waals surface area (Å²) in [4.78, 5) is 20.8. The average Bonchev–Trinajstić information content (AvgIpc) is 2.83. The van der Waals surface area contributed by atoms with Gasteiger partial charge >= 0.3 is 6.03 Å². The number of likely N-dealkylation sites (tertiary alicyclic amines) is 1. The van der Waals surface area contributed by atoms with E-state index < -0.39 is 0 Å². The van der Waals surface area contributed by atoms with Gasteiger partial charge in [-0.15, -0.1) is 0 Å². The molecule has 0 saturated carbocycles. The minimum absolute atomic E-state index is 0.0780. The van der Waals surface area contributed by atoms with Gasteiger partial charge in [0.25, 0.3) is 0 Å². The summed E-state index contributed by atoms with van der Waals surface area (Å²) in [6, 6.07) is 6.21. The number of amides is 2. The molecule has 0 radical (unpaired) electrons. The highest BCUT2D eigenvalue weighted by atomic mass is 16.2. The number of aryl methyl sites for hydroxylation is 2. The molecule has 0 aliphatic carbocycles. The van der Waals surface area contributed by atoms with Crippen molar-refractivity contribution in [3.8, 4) is 0 Å². The second-order valence-corrected chi connectivity index (χ2v) is 7.28. The van der Waals surface area contributed by atoms with E-state index in [1.54, 1.807) is 4.68 Å². The van der Waals surface area contributed by atoms with Gasteiger partial charge in [0.15, 0.2) is 5.82 Å². The van der Waals surface area contributed by atoms with Crippen molar-refractivity contribution < 1.29 is 4.79 Å². The van der Waals surface area contributed by atoms with E-state index in [0.29, 0.717) is 11.9 Å². The Balaban J connectivity index is 1.52. The van der Waals surface area contributed by atoms with Crippen LogP contribution < -0.4 is 15.5 Å². The molecule has 2 amide bonds. The highest BCUT2D eigenvalue weighted by Crippen LogP contribution is 2.19. The molecule has 1 fully saturated rings. The Hall–Kier alpha value is -2.77. The van der Waals surface area contributed by atoms with Gasteiger partial charge in [0.2, 0.25) is 0 Å². The number of rotatable bonds is 4. The van der Waals surface area contributed by atoms with Crippen LogP contribution in [0.5, 0.6) is 0 Å². The van der Waals surface area contributed by atoms with E-state index in [1.165, 1.54) is 0 Å². The summed E-state index contributed by atoms with van der Waals surface area (Å²) in [5, 5.41) is 10.7. The van der Waals surface area contributed by atoms with Gasteiger partial charge in [-0.25, -0.2) is 9.78 Å². The van der Waals surface area contributed by atoms with Gasteiger partial charge in [-0.05, 0) is 38.3 Å². The molecule has 1 atom stereocenters. The predicted molar refractivity (Wildman–Crippen MR) is 108 cm³/mol. The van der Waals surface area contributed by atoms with E-state index in [1.807, 2.05) is 56.2 Å². The standard InChI is InChI=1S/C19H29N7O/c1-14-12-17(23-25(14)4)22-19(27)26-10-5-6-15(9-11-26)21-16-7-8-18(20-13-16)24(2)3/h7-8,12-13,15,21H,5-6,9-11H2,1-4H3,(H,22,23,27)/t15-/m0/s1. The van der Waals surface area contributed by atoms with Gasteiger partial charge in [0.1, 0.15) is 5.82 Å². The molecule has 3 rings (SSSR count). The van der Waals surface area contributed by atoms with E-state index in [9.17, 15) is 4.79 Å². The van der Waals surface area contributed by atoms with Crippen LogP contribution in [0.3, 0.4) is 0 Å². The first-order valence-electron chi connectivity index (χ1n) is 9.39. The molecule has 146 valence electrons. The molecule has 0 spiro atoms. The zero-order valence-electron chi connectivity index (χ0n) is 16.6. The number of nitrogens with one attached hydrogen (secondary N) is 2. The van der Waals surface area contributed by atoms with Crippen molar-refractivity contribution in [1.82, 2.24) is 19.7 Å². The van der Waals surface area contributed by atoms with Crippen LogP contribution in [0.1, 0.15) is 25.0 Å². The van der Waals surface area contributed by atoms with E-state index in [-0.39, 0.29) is 6.03 Å². The zero-order valence-corrected chi connectivity index (χ0v) is 16.6. The highest BCUT2D eigenvalue weighted by molar-refractivity contribution is 5.88. The third-order valence-corrected chi connectivity index (χ3v) is 4.94. The lowest BCUT2D eigenvalue weighted by molar-refractivity contribution is 0.213. The lowest BCUT2D eigenvalue weighted by Gasteiger charge is -2.21. The molecule has 2 N–H and O–H groups in total. The molecule has 1 aliphatic rings. The largest absolute Gasteiger partial charge is 0.381 e. The maximum absolute atomic E-state index is 12.5. The Bertz CT molecular complexity index is 749. The summed E-state index contributed by atoms with van der Waals surface area (Å²) in [6.07, 6.45) is 4.77. The molecule has 2 aromatic rings. The number of anilines is 3. The van der Waals surface area contributed by atoms with Crippen molar-refractivity contribution >= 4 is 23.4 Å². The van der Waals surface area contributed by atoms with Crippen molar-refractivity contribution in [3.05, 3.63) is 30.1 Å². The van der Waals surface area contributed by atoms with E-state index in [0.717, 1.165) is 49.6 Å². The van der Waals surface area contributed by atoms with Crippen molar-refractivity contribution in [3.63, 3.8) is 0 Å². The number of hydrogen-bond donors (Lipinski definition) is 2. The Kier molecular flexibility index (Phi) is 5.83. The number of carbonyl (C=O) groups is 1. The predicted octanol–water partition coefficient (Wildman–Crippen LogP) is 2.69. The fraction of sp³-hybridized carbons (Fsp3) is 0.526. The summed E-state index contributed by atoms with van der Waals surface area (Å²) in [7, 11) is 5.83. The normalized spacial score (nSPS) is 17.3. The van der Waals surface area contributed by atoms with Crippen LogP contribution in [0.4, 0.5) is 22.1 Å². The third kappa shape index (κ3) is 4.90. The van der Waals surface area contributed by atoms with Crippen LogP contribution >= 0.6 is 0 Å². The number of nitrogens with zero attached hydrogens (tertiary/aromatic N) is 5. The molecule has 27 heavy (non-hydrogen) atoms. The maximum Gasteiger partial charge on any atom is 0.323 e. The molecule has 0 aromatic carbocycles. The molecule has 0 unspecified atom stereocenters. The SMILES string of the molecule is Cc1cc(NC(=O)N2CCC[C@H](Nc3ccc(N(C)C)nc3)CC2)nn1C. The minimum atomic E-state index is -0.0780. The first-order valence-corrected chi connectivity index (χ1v) is 9.39. The number of urea groups is 1. The van der Waals surface area contributed by atoms with Crippen LogP contribution in [-0.4, -0.2) is 58.9 Å². The number of aromatic nitrogens is 3. The fourth-order valence-corrected chi connectivity index (χ4v) is 3.23. The lowest BCUT2D eigenvalue weighted by atomic mass is 10.1. The topological polar surface area (TPSA) is 78.3 Å². The maximum atomic E-state index is 12.5. The Labute approximate surface area is 160 Å². The van der Waals surface area contributed by atoms with Crippen LogP contribution in [0.15, 0.2) is 24.4 Å². The summed E-state index contributed by atoms with van der Waals surface area (Å²) in [6.45, 7) is 3.44.